The van der Waals surface area contributed by atoms with Gasteiger partial charge in [-0.25, -0.2) is 13.6 Å². The van der Waals surface area contributed by atoms with E-state index in [0.717, 1.165) is 25.9 Å². The van der Waals surface area contributed by atoms with Crippen molar-refractivity contribution in [1.82, 2.24) is 10.2 Å². The molecule has 0 aromatic carbocycles. The van der Waals surface area contributed by atoms with E-state index in [9.17, 15) is 13.2 Å². The second-order valence-electron chi connectivity index (χ2n) is 4.99. The Hall–Kier alpha value is -0.700. The number of sulfonamides is 1. The summed E-state index contributed by atoms with van der Waals surface area (Å²) in [6, 6.07) is 0. The van der Waals surface area contributed by atoms with Crippen LogP contribution in [0.15, 0.2) is 0 Å². The molecule has 0 saturated carbocycles. The van der Waals surface area contributed by atoms with Gasteiger partial charge in [0.1, 0.15) is 0 Å². The highest BCUT2D eigenvalue weighted by Gasteiger charge is 2.31. The van der Waals surface area contributed by atoms with Gasteiger partial charge in [-0.15, -0.1) is 0 Å². The van der Waals surface area contributed by atoms with E-state index in [1.807, 2.05) is 0 Å². The number of amides is 1. The Labute approximate surface area is 114 Å². The average molecular weight is 292 g/mol. The molecule has 19 heavy (non-hydrogen) atoms. The minimum absolute atomic E-state index is 0.0237. The van der Waals surface area contributed by atoms with Crippen LogP contribution in [0.3, 0.4) is 0 Å². The van der Waals surface area contributed by atoms with Crippen LogP contribution in [-0.4, -0.2) is 57.7 Å². The molecule has 1 aliphatic rings. The zero-order valence-corrected chi connectivity index (χ0v) is 12.0. The number of nitrogens with one attached hydrogen (secondary N) is 1. The van der Waals surface area contributed by atoms with E-state index in [1.54, 1.807) is 4.90 Å². The maximum atomic E-state index is 11.7. The summed E-state index contributed by atoms with van der Waals surface area (Å²) in [6.07, 6.45) is 2.09. The Morgan fingerprint density at radius 2 is 2.00 bits per heavy atom. The Kier molecular flexibility index (Phi) is 6.70. The molecule has 0 radical (unpaired) electrons. The molecule has 0 aromatic rings. The van der Waals surface area contributed by atoms with Crippen LogP contribution in [0.1, 0.15) is 19.3 Å². The number of likely N-dealkylation sites (tertiary alicyclic amines) is 1. The first kappa shape index (κ1) is 16.4. The molecule has 5 N–H and O–H groups in total. The molecule has 112 valence electrons. The van der Waals surface area contributed by atoms with Crippen molar-refractivity contribution in [2.24, 2.45) is 16.8 Å². The molecule has 1 fully saturated rings. The summed E-state index contributed by atoms with van der Waals surface area (Å²) >= 11 is 0. The number of carbonyl (C=O) groups excluding carboxylic acids is 1. The lowest BCUT2D eigenvalue weighted by molar-refractivity contribution is -0.127. The Morgan fingerprint density at radius 3 is 2.63 bits per heavy atom. The lowest BCUT2D eigenvalue weighted by Crippen LogP contribution is -2.30. The molecule has 1 unspecified atom stereocenters. The summed E-state index contributed by atoms with van der Waals surface area (Å²) in [6.45, 7) is 3.56. The molecular weight excluding hydrogens is 268 g/mol. The lowest BCUT2D eigenvalue weighted by Gasteiger charge is -2.16. The van der Waals surface area contributed by atoms with E-state index >= 15 is 0 Å². The van der Waals surface area contributed by atoms with Gasteiger partial charge in [-0.1, -0.05) is 0 Å². The molecule has 0 spiro atoms. The predicted molar refractivity (Wildman–Crippen MR) is 73.8 cm³/mol. The third-order valence-electron chi connectivity index (χ3n) is 3.10. The highest BCUT2D eigenvalue weighted by atomic mass is 32.2. The van der Waals surface area contributed by atoms with Crippen LogP contribution in [0.2, 0.25) is 0 Å². The van der Waals surface area contributed by atoms with Crippen LogP contribution in [-0.2, 0) is 14.8 Å². The smallest absolute Gasteiger partial charge is 0.222 e. The summed E-state index contributed by atoms with van der Waals surface area (Å²) in [5, 5.41) is 8.24. The van der Waals surface area contributed by atoms with E-state index in [4.69, 9.17) is 10.9 Å². The second kappa shape index (κ2) is 7.78. The molecule has 0 bridgehead atoms. The fourth-order valence-electron chi connectivity index (χ4n) is 2.26. The van der Waals surface area contributed by atoms with Crippen molar-refractivity contribution in [2.75, 3.05) is 38.5 Å². The summed E-state index contributed by atoms with van der Waals surface area (Å²) in [5.41, 5.74) is 5.37. The first-order chi connectivity index (χ1) is 8.92. The van der Waals surface area contributed by atoms with E-state index in [0.29, 0.717) is 19.6 Å². The van der Waals surface area contributed by atoms with Crippen LogP contribution < -0.4 is 16.2 Å². The largest absolute Gasteiger partial charge is 0.342 e. The Balaban J connectivity index is 2.19. The van der Waals surface area contributed by atoms with Crippen molar-refractivity contribution in [3.05, 3.63) is 0 Å². The maximum absolute atomic E-state index is 11.7. The molecule has 1 aliphatic heterocycles. The first-order valence-electron chi connectivity index (χ1n) is 6.61. The van der Waals surface area contributed by atoms with Gasteiger partial charge in [0.2, 0.25) is 15.9 Å². The zero-order valence-electron chi connectivity index (χ0n) is 11.2. The highest BCUT2D eigenvalue weighted by Crippen LogP contribution is 2.18. The summed E-state index contributed by atoms with van der Waals surface area (Å²) in [5.74, 6) is -0.243. The number of hydrogen-bond acceptors (Lipinski definition) is 5. The molecule has 1 atom stereocenters. The third kappa shape index (κ3) is 6.86. The van der Waals surface area contributed by atoms with Gasteiger partial charge in [0.05, 0.1) is 5.75 Å². The Morgan fingerprint density at radius 1 is 1.32 bits per heavy atom. The van der Waals surface area contributed by atoms with E-state index in [2.05, 4.69) is 5.32 Å². The van der Waals surface area contributed by atoms with Crippen molar-refractivity contribution in [2.45, 2.75) is 19.3 Å². The number of nitrogens with zero attached hydrogens (tertiary/aromatic N) is 1. The molecule has 0 aromatic heterocycles. The monoisotopic (exact) mass is 292 g/mol. The van der Waals surface area contributed by atoms with Crippen LogP contribution in [0.25, 0.3) is 0 Å². The molecule has 0 aliphatic carbocycles. The van der Waals surface area contributed by atoms with Crippen LogP contribution in [0, 0.1) is 5.92 Å². The van der Waals surface area contributed by atoms with Crippen LogP contribution >= 0.6 is 0 Å². The van der Waals surface area contributed by atoms with Gasteiger partial charge in [0.25, 0.3) is 0 Å². The van der Waals surface area contributed by atoms with Gasteiger partial charge < -0.3 is 16.0 Å². The number of hydrogen-bond donors (Lipinski definition) is 3. The van der Waals surface area contributed by atoms with Gasteiger partial charge in [0, 0.05) is 25.4 Å². The van der Waals surface area contributed by atoms with Crippen molar-refractivity contribution in [3.8, 4) is 0 Å². The number of rotatable bonds is 9. The molecule has 7 nitrogen and oxygen atoms in total. The van der Waals surface area contributed by atoms with E-state index in [1.165, 1.54) is 0 Å². The van der Waals surface area contributed by atoms with E-state index < -0.39 is 10.0 Å². The second-order valence-corrected chi connectivity index (χ2v) is 6.64. The fraction of sp³-hybridized carbons (Fsp3) is 0.909. The van der Waals surface area contributed by atoms with Crippen LogP contribution in [0.4, 0.5) is 0 Å². The summed E-state index contributed by atoms with van der Waals surface area (Å²) in [4.78, 5) is 13.4. The lowest BCUT2D eigenvalue weighted by atomic mass is 10.1. The third-order valence-corrected chi connectivity index (χ3v) is 4.04. The van der Waals surface area contributed by atoms with Crippen LogP contribution in [0.5, 0.6) is 0 Å². The minimum atomic E-state index is -3.49. The molecule has 1 rings (SSSR count). The number of carbonyl (C=O) groups is 1. The molecule has 1 heterocycles. The van der Waals surface area contributed by atoms with Gasteiger partial charge in [-0.05, 0) is 32.5 Å². The quantitative estimate of drug-likeness (QED) is 0.445. The standard InChI is InChI=1S/C11H24N4O3S/c12-3-1-4-14-5-2-6-15-8-10(7-11(15)16)9-19(13,17)18/h10,14H,1-9,12H2,(H2,13,17,18). The van der Waals surface area contributed by atoms with E-state index in [-0.39, 0.29) is 24.0 Å². The summed E-state index contributed by atoms with van der Waals surface area (Å²) < 4.78 is 22.0. The van der Waals surface area contributed by atoms with Gasteiger partial charge in [-0.2, -0.15) is 0 Å². The number of nitrogens with two attached hydrogens (primary N) is 2. The molecule has 1 amide bonds. The van der Waals surface area contributed by atoms with Crippen molar-refractivity contribution in [1.29, 1.82) is 0 Å². The fourth-order valence-corrected chi connectivity index (χ4v) is 3.14. The number of primary sulfonamides is 1. The average Bonchev–Trinajstić information content (AvgIpc) is 2.61. The van der Waals surface area contributed by atoms with Gasteiger partial charge in [0.15, 0.2) is 0 Å². The zero-order chi connectivity index (χ0) is 14.3. The maximum Gasteiger partial charge on any atom is 0.222 e. The first-order valence-corrected chi connectivity index (χ1v) is 8.33. The van der Waals surface area contributed by atoms with Crippen molar-refractivity contribution >= 4 is 15.9 Å². The van der Waals surface area contributed by atoms with Crippen molar-refractivity contribution in [3.63, 3.8) is 0 Å². The Bertz CT molecular complexity index is 385. The minimum Gasteiger partial charge on any atom is -0.342 e. The molecule has 1 saturated heterocycles. The summed E-state index contributed by atoms with van der Waals surface area (Å²) in [7, 11) is -3.49. The SMILES string of the molecule is NCCCNCCCN1CC(CS(N)(=O)=O)CC1=O. The van der Waals surface area contributed by atoms with Gasteiger partial charge >= 0.3 is 0 Å². The molecular formula is C11H24N4O3S. The predicted octanol–water partition coefficient (Wildman–Crippen LogP) is -1.55. The molecule has 8 heteroatoms. The van der Waals surface area contributed by atoms with Crippen molar-refractivity contribution < 1.29 is 13.2 Å². The normalized spacial score (nSPS) is 20.2. The van der Waals surface area contributed by atoms with Gasteiger partial charge in [-0.3, -0.25) is 4.79 Å². The highest BCUT2D eigenvalue weighted by molar-refractivity contribution is 7.89. The topological polar surface area (TPSA) is 119 Å².